The summed E-state index contributed by atoms with van der Waals surface area (Å²) in [6, 6.07) is 24.1. The zero-order valence-electron chi connectivity index (χ0n) is 19.3. The first-order chi connectivity index (χ1) is 17.1. The van der Waals surface area contributed by atoms with E-state index in [-0.39, 0.29) is 0 Å². The first-order valence-corrected chi connectivity index (χ1v) is 11.5. The number of fused-ring (bicyclic) bond motifs is 1. The molecule has 0 aliphatic rings. The summed E-state index contributed by atoms with van der Waals surface area (Å²) >= 11 is 0. The number of aryl methyl sites for hydroxylation is 1. The van der Waals surface area contributed by atoms with Crippen LogP contribution in [0.15, 0.2) is 88.2 Å². The van der Waals surface area contributed by atoms with E-state index in [4.69, 9.17) is 4.42 Å². The Bertz CT molecular complexity index is 1480. The monoisotopic (exact) mass is 466 g/mol. The minimum Gasteiger partial charge on any atom is -0.408 e. The number of hydrogen-bond acceptors (Lipinski definition) is 7. The highest BCUT2D eigenvalue weighted by Gasteiger charge is 2.07. The van der Waals surface area contributed by atoms with Crippen molar-refractivity contribution in [3.8, 4) is 0 Å². The van der Waals surface area contributed by atoms with Crippen LogP contribution in [0.2, 0.25) is 0 Å². The van der Waals surface area contributed by atoms with E-state index in [1.165, 1.54) is 11.1 Å². The maximum Gasteiger partial charge on any atom is 0.417 e. The number of aromatic nitrogens is 3. The van der Waals surface area contributed by atoms with E-state index < -0.39 is 5.76 Å². The summed E-state index contributed by atoms with van der Waals surface area (Å²) in [5, 5.41) is 10.0. The number of nitrogens with one attached hydrogen (secondary N) is 4. The second-order valence-electron chi connectivity index (χ2n) is 8.31. The fraction of sp³-hybridized carbons (Fsp3) is 0.148. The Balaban J connectivity index is 1.19. The van der Waals surface area contributed by atoms with E-state index in [1.54, 1.807) is 12.3 Å². The second-order valence-corrected chi connectivity index (χ2v) is 8.31. The van der Waals surface area contributed by atoms with Crippen LogP contribution in [0.4, 0.5) is 23.1 Å². The molecule has 0 bridgehead atoms. The minimum atomic E-state index is -0.476. The number of nitrogens with zero attached hydrogens (tertiary/aromatic N) is 2. The van der Waals surface area contributed by atoms with Crippen LogP contribution in [0, 0.1) is 6.92 Å². The Hall–Kier alpha value is -4.43. The van der Waals surface area contributed by atoms with Gasteiger partial charge in [0.15, 0.2) is 5.58 Å². The second kappa shape index (κ2) is 10.2. The van der Waals surface area contributed by atoms with E-state index in [1.807, 2.05) is 37.3 Å². The molecule has 8 heteroatoms. The SMILES string of the molecule is Cc1cnc(Nc2ccc(CCNCc3ccccc3)cc2)nc1Nc1ccc2oc(=O)[nH]c2c1. The Morgan fingerprint density at radius 3 is 2.54 bits per heavy atom. The first kappa shape index (κ1) is 22.4. The zero-order chi connectivity index (χ0) is 24.0. The van der Waals surface area contributed by atoms with Crippen LogP contribution in [0.25, 0.3) is 11.1 Å². The first-order valence-electron chi connectivity index (χ1n) is 11.5. The van der Waals surface area contributed by atoms with Gasteiger partial charge in [-0.25, -0.2) is 9.78 Å². The molecule has 0 amide bonds. The average molecular weight is 467 g/mol. The van der Waals surface area contributed by atoms with E-state index in [2.05, 4.69) is 67.3 Å². The molecule has 3 aromatic carbocycles. The van der Waals surface area contributed by atoms with Gasteiger partial charge in [0.05, 0.1) is 5.52 Å². The molecule has 0 unspecified atom stereocenters. The predicted molar refractivity (Wildman–Crippen MR) is 138 cm³/mol. The van der Waals surface area contributed by atoms with Crippen molar-refractivity contribution >= 4 is 34.2 Å². The Morgan fingerprint density at radius 1 is 0.914 bits per heavy atom. The van der Waals surface area contributed by atoms with Crippen molar-refractivity contribution < 1.29 is 4.42 Å². The van der Waals surface area contributed by atoms with Gasteiger partial charge < -0.3 is 20.4 Å². The lowest BCUT2D eigenvalue weighted by Crippen LogP contribution is -2.16. The normalized spacial score (nSPS) is 11.0. The number of hydrogen-bond donors (Lipinski definition) is 4. The molecule has 8 nitrogen and oxygen atoms in total. The lowest BCUT2D eigenvalue weighted by Gasteiger charge is -2.11. The van der Waals surface area contributed by atoms with Crippen molar-refractivity contribution in [2.75, 3.05) is 17.2 Å². The quantitative estimate of drug-likeness (QED) is 0.225. The Kier molecular flexibility index (Phi) is 6.54. The van der Waals surface area contributed by atoms with Gasteiger partial charge in [-0.3, -0.25) is 4.98 Å². The molecule has 0 aliphatic carbocycles. The van der Waals surface area contributed by atoms with Gasteiger partial charge >= 0.3 is 5.76 Å². The number of anilines is 4. The molecule has 0 fully saturated rings. The molecule has 5 rings (SSSR count). The summed E-state index contributed by atoms with van der Waals surface area (Å²) in [6.45, 7) is 3.72. The van der Waals surface area contributed by atoms with Crippen molar-refractivity contribution in [3.63, 3.8) is 0 Å². The van der Waals surface area contributed by atoms with Gasteiger partial charge in [-0.05, 0) is 61.3 Å². The summed E-state index contributed by atoms with van der Waals surface area (Å²) in [6.07, 6.45) is 2.72. The van der Waals surface area contributed by atoms with Crippen LogP contribution in [0.5, 0.6) is 0 Å². The van der Waals surface area contributed by atoms with Gasteiger partial charge in [-0.2, -0.15) is 4.98 Å². The van der Waals surface area contributed by atoms with Crippen LogP contribution < -0.4 is 21.7 Å². The highest BCUT2D eigenvalue weighted by molar-refractivity contribution is 5.78. The fourth-order valence-corrected chi connectivity index (χ4v) is 3.74. The van der Waals surface area contributed by atoms with Crippen molar-refractivity contribution in [1.29, 1.82) is 0 Å². The zero-order valence-corrected chi connectivity index (χ0v) is 19.3. The molecule has 0 saturated heterocycles. The van der Waals surface area contributed by atoms with Gasteiger partial charge in [0, 0.05) is 29.7 Å². The molecule has 0 radical (unpaired) electrons. The number of benzene rings is 3. The summed E-state index contributed by atoms with van der Waals surface area (Å²) < 4.78 is 5.06. The molecule has 2 aromatic heterocycles. The van der Waals surface area contributed by atoms with Gasteiger partial charge in [-0.1, -0.05) is 42.5 Å². The lowest BCUT2D eigenvalue weighted by molar-refractivity contribution is 0.555. The van der Waals surface area contributed by atoms with E-state index >= 15 is 0 Å². The van der Waals surface area contributed by atoms with Crippen LogP contribution in [0.3, 0.4) is 0 Å². The Labute approximate surface area is 202 Å². The van der Waals surface area contributed by atoms with Gasteiger partial charge in [0.2, 0.25) is 5.95 Å². The summed E-state index contributed by atoms with van der Waals surface area (Å²) in [7, 11) is 0. The van der Waals surface area contributed by atoms with Crippen LogP contribution in [0.1, 0.15) is 16.7 Å². The number of oxazole rings is 1. The minimum absolute atomic E-state index is 0.476. The maximum absolute atomic E-state index is 11.4. The van der Waals surface area contributed by atoms with Crippen molar-refractivity contribution in [2.45, 2.75) is 19.9 Å². The molecule has 2 heterocycles. The molecule has 176 valence electrons. The topological polar surface area (TPSA) is 108 Å². The highest BCUT2D eigenvalue weighted by Crippen LogP contribution is 2.23. The van der Waals surface area contributed by atoms with E-state index in [0.29, 0.717) is 22.9 Å². The Morgan fingerprint density at radius 2 is 1.71 bits per heavy atom. The molecule has 5 aromatic rings. The third-order valence-electron chi connectivity index (χ3n) is 5.63. The summed E-state index contributed by atoms with van der Waals surface area (Å²) in [4.78, 5) is 23.1. The third-order valence-corrected chi connectivity index (χ3v) is 5.63. The molecule has 0 spiro atoms. The van der Waals surface area contributed by atoms with E-state index in [0.717, 1.165) is 36.4 Å². The number of aromatic amines is 1. The molecule has 0 atom stereocenters. The molecular weight excluding hydrogens is 440 g/mol. The third kappa shape index (κ3) is 5.74. The fourth-order valence-electron chi connectivity index (χ4n) is 3.74. The standard InChI is InChI=1S/C27H26N6O2/c1-18-16-29-26(33-25(18)30-22-11-12-24-23(15-22)32-27(34)35-24)31-21-9-7-19(8-10-21)13-14-28-17-20-5-3-2-4-6-20/h2-12,15-16,28H,13-14,17H2,1H3,(H,32,34)(H2,29,30,31,33). The van der Waals surface area contributed by atoms with Gasteiger partial charge in [0.1, 0.15) is 5.82 Å². The largest absolute Gasteiger partial charge is 0.417 e. The number of rotatable bonds is 9. The van der Waals surface area contributed by atoms with E-state index in [9.17, 15) is 4.79 Å². The van der Waals surface area contributed by atoms with Crippen molar-refractivity contribution in [2.24, 2.45) is 0 Å². The van der Waals surface area contributed by atoms with Gasteiger partial charge in [0.25, 0.3) is 0 Å². The highest BCUT2D eigenvalue weighted by atomic mass is 16.4. The van der Waals surface area contributed by atoms with Crippen molar-refractivity contribution in [3.05, 3.63) is 106 Å². The van der Waals surface area contributed by atoms with Crippen LogP contribution >= 0.6 is 0 Å². The van der Waals surface area contributed by atoms with Crippen molar-refractivity contribution in [1.82, 2.24) is 20.3 Å². The smallest absolute Gasteiger partial charge is 0.408 e. The lowest BCUT2D eigenvalue weighted by atomic mass is 10.1. The molecule has 35 heavy (non-hydrogen) atoms. The number of H-pyrrole nitrogens is 1. The summed E-state index contributed by atoms with van der Waals surface area (Å²) in [5.41, 5.74) is 6.28. The van der Waals surface area contributed by atoms with Gasteiger partial charge in [-0.15, -0.1) is 0 Å². The predicted octanol–water partition coefficient (Wildman–Crippen LogP) is 5.04. The van der Waals surface area contributed by atoms with Crippen LogP contribution in [-0.4, -0.2) is 21.5 Å². The molecule has 0 saturated carbocycles. The summed E-state index contributed by atoms with van der Waals surface area (Å²) in [5.74, 6) is 0.693. The molecular formula is C27H26N6O2. The average Bonchev–Trinajstić information content (AvgIpc) is 3.25. The molecule has 0 aliphatic heterocycles. The van der Waals surface area contributed by atoms with Crippen LogP contribution in [-0.2, 0) is 13.0 Å². The maximum atomic E-state index is 11.4. The molecule has 4 N–H and O–H groups in total.